The number of hydrogen-bond acceptors (Lipinski definition) is 4. The molecule has 1 N–H and O–H groups in total. The average molecular weight is 414 g/mol. The van der Waals surface area contributed by atoms with Gasteiger partial charge in [-0.05, 0) is 48.5 Å². The minimum absolute atomic E-state index is 0.0532. The molecule has 8 heteroatoms. The largest absolute Gasteiger partial charge is 0.497 e. The van der Waals surface area contributed by atoms with Gasteiger partial charge in [-0.15, -0.1) is 0 Å². The van der Waals surface area contributed by atoms with E-state index < -0.39 is 28.3 Å². The van der Waals surface area contributed by atoms with Crippen molar-refractivity contribution in [2.75, 3.05) is 23.3 Å². The van der Waals surface area contributed by atoms with Gasteiger partial charge in [0.25, 0.3) is 10.0 Å². The quantitative estimate of drug-likeness (QED) is 0.640. The number of anilines is 2. The number of amides is 1. The van der Waals surface area contributed by atoms with E-state index in [1.165, 1.54) is 49.6 Å². The number of sulfonamides is 1. The first-order valence-corrected chi connectivity index (χ1v) is 10.1. The Morgan fingerprint density at radius 1 is 1.00 bits per heavy atom. The fourth-order valence-corrected chi connectivity index (χ4v) is 4.10. The van der Waals surface area contributed by atoms with Gasteiger partial charge < -0.3 is 10.1 Å². The molecule has 0 aliphatic carbocycles. The summed E-state index contributed by atoms with van der Waals surface area (Å²) in [6.07, 6.45) is 0. The standard InChI is InChI=1S/C21H19FN2O4S/c1-28-19-7-5-6-18(14-19)24(29(26,27)20-8-3-2-4-9-20)15-21(25)23-17-12-10-16(22)11-13-17/h2-14H,15H2,1H3,(H,23,25). The lowest BCUT2D eigenvalue weighted by Crippen LogP contribution is -2.38. The van der Waals surface area contributed by atoms with Crippen molar-refractivity contribution in [2.24, 2.45) is 0 Å². The second kappa shape index (κ2) is 8.74. The van der Waals surface area contributed by atoms with Crippen LogP contribution in [-0.2, 0) is 14.8 Å². The molecule has 0 aliphatic rings. The second-order valence-corrected chi connectivity index (χ2v) is 7.94. The van der Waals surface area contributed by atoms with Crippen LogP contribution in [0.4, 0.5) is 15.8 Å². The van der Waals surface area contributed by atoms with Crippen LogP contribution in [0, 0.1) is 5.82 Å². The smallest absolute Gasteiger partial charge is 0.264 e. The Morgan fingerprint density at radius 3 is 2.34 bits per heavy atom. The molecule has 29 heavy (non-hydrogen) atoms. The molecule has 6 nitrogen and oxygen atoms in total. The van der Waals surface area contributed by atoms with Gasteiger partial charge in [0, 0.05) is 11.8 Å². The molecule has 0 atom stereocenters. The van der Waals surface area contributed by atoms with Crippen LogP contribution in [0.2, 0.25) is 0 Å². The van der Waals surface area contributed by atoms with E-state index in [9.17, 15) is 17.6 Å². The molecule has 0 radical (unpaired) electrons. The van der Waals surface area contributed by atoms with Crippen molar-refractivity contribution >= 4 is 27.3 Å². The number of methoxy groups -OCH3 is 1. The molecular formula is C21H19FN2O4S. The highest BCUT2D eigenvalue weighted by Crippen LogP contribution is 2.27. The minimum Gasteiger partial charge on any atom is -0.497 e. The molecule has 0 unspecified atom stereocenters. The van der Waals surface area contributed by atoms with Gasteiger partial charge in [-0.2, -0.15) is 0 Å². The van der Waals surface area contributed by atoms with Crippen LogP contribution in [0.15, 0.2) is 83.8 Å². The molecule has 3 aromatic carbocycles. The molecule has 0 aliphatic heterocycles. The average Bonchev–Trinajstić information content (AvgIpc) is 2.74. The fraction of sp³-hybridized carbons (Fsp3) is 0.0952. The maximum absolute atomic E-state index is 13.2. The Morgan fingerprint density at radius 2 is 1.69 bits per heavy atom. The highest BCUT2D eigenvalue weighted by molar-refractivity contribution is 7.92. The van der Waals surface area contributed by atoms with Crippen molar-refractivity contribution in [3.05, 3.63) is 84.7 Å². The van der Waals surface area contributed by atoms with E-state index in [0.717, 1.165) is 4.31 Å². The van der Waals surface area contributed by atoms with Gasteiger partial charge in [0.15, 0.2) is 0 Å². The molecule has 0 heterocycles. The monoisotopic (exact) mass is 414 g/mol. The molecule has 0 saturated carbocycles. The zero-order valence-corrected chi connectivity index (χ0v) is 16.4. The number of rotatable bonds is 7. The first kappa shape index (κ1) is 20.3. The number of hydrogen-bond donors (Lipinski definition) is 1. The lowest BCUT2D eigenvalue weighted by atomic mass is 10.3. The third-order valence-electron chi connectivity index (χ3n) is 4.09. The molecule has 1 amide bonds. The summed E-state index contributed by atoms with van der Waals surface area (Å²) in [5, 5.41) is 2.58. The van der Waals surface area contributed by atoms with Crippen molar-refractivity contribution in [1.82, 2.24) is 0 Å². The molecule has 0 spiro atoms. The molecule has 3 rings (SSSR count). The lowest BCUT2D eigenvalue weighted by Gasteiger charge is -2.24. The molecule has 0 bridgehead atoms. The van der Waals surface area contributed by atoms with E-state index in [4.69, 9.17) is 4.74 Å². The summed E-state index contributed by atoms with van der Waals surface area (Å²) < 4.78 is 45.7. The first-order valence-electron chi connectivity index (χ1n) is 8.67. The van der Waals surface area contributed by atoms with Crippen LogP contribution in [0.25, 0.3) is 0 Å². The zero-order chi connectivity index (χ0) is 20.9. The van der Waals surface area contributed by atoms with Crippen molar-refractivity contribution in [1.29, 1.82) is 0 Å². The number of carbonyl (C=O) groups is 1. The van der Waals surface area contributed by atoms with E-state index in [0.29, 0.717) is 11.4 Å². The Kier molecular flexibility index (Phi) is 6.13. The van der Waals surface area contributed by atoms with Gasteiger partial charge in [0.2, 0.25) is 5.91 Å². The third kappa shape index (κ3) is 4.91. The predicted molar refractivity (Wildman–Crippen MR) is 109 cm³/mol. The number of nitrogens with one attached hydrogen (secondary N) is 1. The molecule has 0 saturated heterocycles. The maximum Gasteiger partial charge on any atom is 0.264 e. The first-order chi connectivity index (χ1) is 13.9. The van der Waals surface area contributed by atoms with Crippen molar-refractivity contribution in [3.8, 4) is 5.75 Å². The van der Waals surface area contributed by atoms with E-state index in [-0.39, 0.29) is 10.6 Å². The highest BCUT2D eigenvalue weighted by atomic mass is 32.2. The topological polar surface area (TPSA) is 75.7 Å². The summed E-state index contributed by atoms with van der Waals surface area (Å²) in [4.78, 5) is 12.6. The Bertz CT molecular complexity index is 1090. The highest BCUT2D eigenvalue weighted by Gasteiger charge is 2.27. The fourth-order valence-electron chi connectivity index (χ4n) is 2.66. The molecule has 3 aromatic rings. The van der Waals surface area contributed by atoms with Crippen LogP contribution >= 0.6 is 0 Å². The van der Waals surface area contributed by atoms with Gasteiger partial charge in [-0.3, -0.25) is 9.10 Å². The Labute approximate surface area is 168 Å². The van der Waals surface area contributed by atoms with E-state index in [1.54, 1.807) is 36.4 Å². The van der Waals surface area contributed by atoms with Crippen LogP contribution in [0.5, 0.6) is 5.75 Å². The van der Waals surface area contributed by atoms with Gasteiger partial charge in [-0.25, -0.2) is 12.8 Å². The van der Waals surface area contributed by atoms with Crippen molar-refractivity contribution in [3.63, 3.8) is 0 Å². The van der Waals surface area contributed by atoms with Crippen molar-refractivity contribution < 1.29 is 22.3 Å². The zero-order valence-electron chi connectivity index (χ0n) is 15.6. The van der Waals surface area contributed by atoms with Gasteiger partial charge in [0.1, 0.15) is 18.1 Å². The number of nitrogens with zero attached hydrogens (tertiary/aromatic N) is 1. The second-order valence-electron chi connectivity index (χ2n) is 6.08. The Balaban J connectivity index is 1.94. The van der Waals surface area contributed by atoms with Crippen LogP contribution in [-0.4, -0.2) is 28.0 Å². The van der Waals surface area contributed by atoms with Gasteiger partial charge in [-0.1, -0.05) is 24.3 Å². The van der Waals surface area contributed by atoms with Gasteiger partial charge >= 0.3 is 0 Å². The van der Waals surface area contributed by atoms with E-state index in [2.05, 4.69) is 5.32 Å². The number of carbonyl (C=O) groups excluding carboxylic acids is 1. The van der Waals surface area contributed by atoms with Gasteiger partial charge in [0.05, 0.1) is 17.7 Å². The summed E-state index contributed by atoms with van der Waals surface area (Å²) in [5.41, 5.74) is 0.640. The lowest BCUT2D eigenvalue weighted by molar-refractivity contribution is -0.114. The number of ether oxygens (including phenoxy) is 1. The summed E-state index contributed by atoms with van der Waals surface area (Å²) in [6, 6.07) is 19.5. The van der Waals surface area contributed by atoms with E-state index in [1.807, 2.05) is 0 Å². The third-order valence-corrected chi connectivity index (χ3v) is 5.88. The summed E-state index contributed by atoms with van der Waals surface area (Å²) >= 11 is 0. The maximum atomic E-state index is 13.2. The normalized spacial score (nSPS) is 11.0. The summed E-state index contributed by atoms with van der Waals surface area (Å²) in [7, 11) is -2.55. The SMILES string of the molecule is COc1cccc(N(CC(=O)Nc2ccc(F)cc2)S(=O)(=O)c2ccccc2)c1. The van der Waals surface area contributed by atoms with Crippen LogP contribution in [0.1, 0.15) is 0 Å². The van der Waals surface area contributed by atoms with Crippen LogP contribution in [0.3, 0.4) is 0 Å². The minimum atomic E-state index is -4.02. The predicted octanol–water partition coefficient (Wildman–Crippen LogP) is 3.67. The van der Waals surface area contributed by atoms with E-state index >= 15 is 0 Å². The molecular weight excluding hydrogens is 395 g/mol. The molecule has 0 fully saturated rings. The summed E-state index contributed by atoms with van der Waals surface area (Å²) in [6.45, 7) is -0.470. The number of benzene rings is 3. The van der Waals surface area contributed by atoms with Crippen LogP contribution < -0.4 is 14.4 Å². The Hall–Kier alpha value is -3.39. The van der Waals surface area contributed by atoms with Crippen molar-refractivity contribution in [2.45, 2.75) is 4.90 Å². The molecule has 0 aromatic heterocycles. The molecule has 150 valence electrons. The summed E-state index contributed by atoms with van der Waals surface area (Å²) in [5.74, 6) is -0.554. The number of halogens is 1.